The molecule has 8 heteroatoms. The second-order valence-corrected chi connectivity index (χ2v) is 7.12. The van der Waals surface area contributed by atoms with E-state index in [1.807, 2.05) is 23.6 Å². The van der Waals surface area contributed by atoms with Gasteiger partial charge in [-0.25, -0.2) is 4.79 Å². The summed E-state index contributed by atoms with van der Waals surface area (Å²) in [6, 6.07) is 7.02. The normalized spacial score (nSPS) is 16.4. The number of rotatable bonds is 6. The molecule has 1 aromatic heterocycles. The highest BCUT2D eigenvalue weighted by Gasteiger charge is 2.29. The van der Waals surface area contributed by atoms with Crippen molar-refractivity contribution >= 4 is 17.6 Å². The number of aromatic amines is 1. The van der Waals surface area contributed by atoms with Gasteiger partial charge >= 0.3 is 6.03 Å². The largest absolute Gasteiger partial charge is 0.497 e. The van der Waals surface area contributed by atoms with Crippen LogP contribution in [0.15, 0.2) is 30.5 Å². The predicted molar refractivity (Wildman–Crippen MR) is 111 cm³/mol. The lowest BCUT2D eigenvalue weighted by Gasteiger charge is -2.35. The van der Waals surface area contributed by atoms with Gasteiger partial charge in [0, 0.05) is 37.7 Å². The van der Waals surface area contributed by atoms with Crippen molar-refractivity contribution in [3.63, 3.8) is 0 Å². The van der Waals surface area contributed by atoms with E-state index in [-0.39, 0.29) is 17.9 Å². The Balaban J connectivity index is 1.70. The molecule has 1 aliphatic heterocycles. The zero-order valence-corrected chi connectivity index (χ0v) is 17.3. The number of methoxy groups -OCH3 is 1. The van der Waals surface area contributed by atoms with Gasteiger partial charge in [0.25, 0.3) is 5.91 Å². The first kappa shape index (κ1) is 20.7. The van der Waals surface area contributed by atoms with E-state index in [2.05, 4.69) is 15.5 Å². The number of ether oxygens (including phenoxy) is 1. The highest BCUT2D eigenvalue weighted by molar-refractivity contribution is 6.04. The molecule has 1 fully saturated rings. The van der Waals surface area contributed by atoms with E-state index in [9.17, 15) is 9.59 Å². The Kier molecular flexibility index (Phi) is 6.74. The molecule has 1 aliphatic rings. The number of amides is 3. The van der Waals surface area contributed by atoms with Gasteiger partial charge in [-0.15, -0.1) is 0 Å². The molecule has 1 saturated heterocycles. The van der Waals surface area contributed by atoms with Crippen molar-refractivity contribution in [3.05, 3.63) is 41.7 Å². The Labute approximate surface area is 171 Å². The van der Waals surface area contributed by atoms with E-state index in [1.165, 1.54) is 0 Å². The number of hydrogen-bond acceptors (Lipinski definition) is 4. The van der Waals surface area contributed by atoms with Crippen LogP contribution in [0.1, 0.15) is 48.7 Å². The molecule has 29 heavy (non-hydrogen) atoms. The van der Waals surface area contributed by atoms with Gasteiger partial charge in [-0.05, 0) is 51.0 Å². The third kappa shape index (κ3) is 4.70. The monoisotopic (exact) mass is 399 g/mol. The summed E-state index contributed by atoms with van der Waals surface area (Å²) in [6.07, 6.45) is 3.49. The molecule has 3 rings (SSSR count). The molecule has 8 nitrogen and oxygen atoms in total. The number of nitrogens with zero attached hydrogens (tertiary/aromatic N) is 3. The van der Waals surface area contributed by atoms with Crippen LogP contribution < -0.4 is 10.1 Å². The number of H-pyrrole nitrogens is 1. The number of aromatic nitrogens is 2. The number of benzene rings is 1. The Morgan fingerprint density at radius 1 is 1.28 bits per heavy atom. The van der Waals surface area contributed by atoms with Crippen LogP contribution >= 0.6 is 0 Å². The van der Waals surface area contributed by atoms with Crippen LogP contribution in [0.25, 0.3) is 0 Å². The highest BCUT2D eigenvalue weighted by Crippen LogP contribution is 2.31. The molecule has 2 aromatic rings. The molecule has 0 saturated carbocycles. The quantitative estimate of drug-likeness (QED) is 0.780. The summed E-state index contributed by atoms with van der Waals surface area (Å²) in [5.74, 6) is 0.602. The van der Waals surface area contributed by atoms with E-state index in [4.69, 9.17) is 4.74 Å². The van der Waals surface area contributed by atoms with Gasteiger partial charge in [0.05, 0.1) is 24.7 Å². The molecule has 1 atom stereocenters. The number of carbonyl (C=O) groups is 2. The maximum Gasteiger partial charge on any atom is 0.319 e. The number of carbonyl (C=O) groups excluding carboxylic acids is 2. The lowest BCUT2D eigenvalue weighted by atomic mass is 9.94. The molecule has 0 spiro atoms. The highest BCUT2D eigenvalue weighted by atomic mass is 16.5. The van der Waals surface area contributed by atoms with Crippen LogP contribution in [0.2, 0.25) is 0 Å². The summed E-state index contributed by atoms with van der Waals surface area (Å²) in [7, 11) is 1.59. The maximum absolute atomic E-state index is 12.7. The Morgan fingerprint density at radius 2 is 2.00 bits per heavy atom. The van der Waals surface area contributed by atoms with Crippen LogP contribution in [0, 0.1) is 0 Å². The molecule has 0 bridgehead atoms. The van der Waals surface area contributed by atoms with E-state index >= 15 is 0 Å². The third-order valence-electron chi connectivity index (χ3n) is 5.40. The van der Waals surface area contributed by atoms with Gasteiger partial charge in [0.15, 0.2) is 0 Å². The second kappa shape index (κ2) is 9.45. The Morgan fingerprint density at radius 3 is 2.66 bits per heavy atom. The summed E-state index contributed by atoms with van der Waals surface area (Å²) in [5.41, 5.74) is 2.07. The zero-order chi connectivity index (χ0) is 20.8. The van der Waals surface area contributed by atoms with Gasteiger partial charge in [0.2, 0.25) is 0 Å². The molecular formula is C21H29N5O3. The molecule has 156 valence electrons. The van der Waals surface area contributed by atoms with Crippen LogP contribution in [0.5, 0.6) is 5.75 Å². The summed E-state index contributed by atoms with van der Waals surface area (Å²) < 4.78 is 5.13. The fourth-order valence-electron chi connectivity index (χ4n) is 3.72. The molecular weight excluding hydrogens is 370 g/mol. The molecule has 2 heterocycles. The number of nitrogens with one attached hydrogen (secondary N) is 2. The molecule has 2 N–H and O–H groups in total. The second-order valence-electron chi connectivity index (χ2n) is 7.12. The van der Waals surface area contributed by atoms with Crippen LogP contribution in [0.4, 0.5) is 10.5 Å². The fraction of sp³-hybridized carbons (Fsp3) is 0.476. The van der Waals surface area contributed by atoms with Gasteiger partial charge < -0.3 is 19.9 Å². The van der Waals surface area contributed by atoms with E-state index < -0.39 is 0 Å². The van der Waals surface area contributed by atoms with Gasteiger partial charge in [0.1, 0.15) is 5.75 Å². The number of anilines is 1. The summed E-state index contributed by atoms with van der Waals surface area (Å²) >= 11 is 0. The first-order valence-electron chi connectivity index (χ1n) is 10.1. The molecule has 0 radical (unpaired) electrons. The van der Waals surface area contributed by atoms with Crippen molar-refractivity contribution in [2.24, 2.45) is 0 Å². The van der Waals surface area contributed by atoms with E-state index in [0.717, 1.165) is 25.1 Å². The van der Waals surface area contributed by atoms with Gasteiger partial charge in [-0.2, -0.15) is 5.10 Å². The smallest absolute Gasteiger partial charge is 0.319 e. The molecule has 1 aromatic carbocycles. The van der Waals surface area contributed by atoms with Crippen molar-refractivity contribution < 1.29 is 14.3 Å². The fourth-order valence-corrected chi connectivity index (χ4v) is 3.72. The molecule has 0 unspecified atom stereocenters. The summed E-state index contributed by atoms with van der Waals surface area (Å²) in [4.78, 5) is 29.1. The first-order valence-corrected chi connectivity index (χ1v) is 10.1. The standard InChI is InChI=1S/C21H29N5O3/c1-4-25(5-2)21(28)26-12-6-7-16(14-26)19-18(13-22-24-19)23-20(27)15-8-10-17(29-3)11-9-15/h8-11,13,16H,4-7,12,14H2,1-3H3,(H,22,24)(H,23,27)/t16-/m1/s1. The van der Waals surface area contributed by atoms with Gasteiger partial charge in [-0.1, -0.05) is 0 Å². The van der Waals surface area contributed by atoms with Crippen molar-refractivity contribution in [2.45, 2.75) is 32.6 Å². The number of urea groups is 1. The van der Waals surface area contributed by atoms with E-state index in [0.29, 0.717) is 36.6 Å². The number of likely N-dealkylation sites (tertiary alicyclic amines) is 1. The lowest BCUT2D eigenvalue weighted by Crippen LogP contribution is -2.47. The van der Waals surface area contributed by atoms with E-state index in [1.54, 1.807) is 37.6 Å². The van der Waals surface area contributed by atoms with Crippen molar-refractivity contribution in [3.8, 4) is 5.75 Å². The zero-order valence-electron chi connectivity index (χ0n) is 17.3. The van der Waals surface area contributed by atoms with Crippen LogP contribution in [-0.2, 0) is 0 Å². The number of piperidine rings is 1. The molecule has 0 aliphatic carbocycles. The van der Waals surface area contributed by atoms with Crippen molar-refractivity contribution in [1.29, 1.82) is 0 Å². The van der Waals surface area contributed by atoms with Crippen LogP contribution in [0.3, 0.4) is 0 Å². The third-order valence-corrected chi connectivity index (χ3v) is 5.40. The predicted octanol–water partition coefficient (Wildman–Crippen LogP) is 3.31. The van der Waals surface area contributed by atoms with Crippen molar-refractivity contribution in [2.75, 3.05) is 38.6 Å². The average Bonchev–Trinajstić information content (AvgIpc) is 3.22. The first-order chi connectivity index (χ1) is 14.1. The number of hydrogen-bond donors (Lipinski definition) is 2. The summed E-state index contributed by atoms with van der Waals surface area (Å²) in [6.45, 7) is 6.75. The molecule has 3 amide bonds. The lowest BCUT2D eigenvalue weighted by molar-refractivity contribution is 0.102. The Hall–Kier alpha value is -3.03. The topological polar surface area (TPSA) is 90.6 Å². The van der Waals surface area contributed by atoms with Crippen LogP contribution in [-0.4, -0.2) is 65.2 Å². The SMILES string of the molecule is CCN(CC)C(=O)N1CCC[C@@H](c2[nH]ncc2NC(=O)c2ccc(OC)cc2)C1. The minimum absolute atomic E-state index is 0.0723. The Bertz CT molecular complexity index is 829. The minimum atomic E-state index is -0.206. The van der Waals surface area contributed by atoms with Crippen molar-refractivity contribution in [1.82, 2.24) is 20.0 Å². The summed E-state index contributed by atoms with van der Waals surface area (Å²) in [5, 5.41) is 10.1. The average molecular weight is 399 g/mol. The minimum Gasteiger partial charge on any atom is -0.497 e. The van der Waals surface area contributed by atoms with Gasteiger partial charge in [-0.3, -0.25) is 9.89 Å². The maximum atomic E-state index is 12.7.